The molecule has 1 atom stereocenters. The summed E-state index contributed by atoms with van der Waals surface area (Å²) in [5.41, 5.74) is 8.57. The van der Waals surface area contributed by atoms with Gasteiger partial charge in [0.25, 0.3) is 5.91 Å². The van der Waals surface area contributed by atoms with Crippen molar-refractivity contribution < 1.29 is 13.7 Å². The van der Waals surface area contributed by atoms with Crippen molar-refractivity contribution in [2.24, 2.45) is 0 Å². The van der Waals surface area contributed by atoms with Gasteiger partial charge in [0.05, 0.1) is 17.5 Å². The summed E-state index contributed by atoms with van der Waals surface area (Å²) in [7, 11) is 0. The molecular weight excluding hydrogens is 441 g/mol. The Labute approximate surface area is 195 Å². The lowest BCUT2D eigenvalue weighted by atomic mass is 9.94. The van der Waals surface area contributed by atoms with Crippen LogP contribution in [0.3, 0.4) is 0 Å². The third-order valence-corrected chi connectivity index (χ3v) is 6.93. The third kappa shape index (κ3) is 5.50. The van der Waals surface area contributed by atoms with Crippen molar-refractivity contribution in [3.05, 3.63) is 77.4 Å². The first-order valence-electron chi connectivity index (χ1n) is 10.8. The molecular formula is C24H26FN5O2S. The number of hydrogen-bond acceptors (Lipinski definition) is 6. The van der Waals surface area contributed by atoms with Gasteiger partial charge in [-0.2, -0.15) is 0 Å². The SMILES string of the molecule is C[S+]([O-])N1CCC(c2cnc(N)c(-c3ccc(C(=O)NCc4ccccc4)c(F)c3)n2)CC1. The van der Waals surface area contributed by atoms with Crippen LogP contribution >= 0.6 is 0 Å². The first kappa shape index (κ1) is 23.2. The van der Waals surface area contributed by atoms with Gasteiger partial charge in [-0.1, -0.05) is 36.4 Å². The van der Waals surface area contributed by atoms with Crippen LogP contribution in [0, 0.1) is 5.82 Å². The number of anilines is 1. The summed E-state index contributed by atoms with van der Waals surface area (Å²) in [6.45, 7) is 1.75. The molecule has 1 aliphatic rings. The normalized spacial score (nSPS) is 15.8. The minimum absolute atomic E-state index is 0.0442. The molecule has 1 unspecified atom stereocenters. The molecule has 0 radical (unpaired) electrons. The van der Waals surface area contributed by atoms with Crippen LogP contribution in [0.15, 0.2) is 54.7 Å². The molecule has 7 nitrogen and oxygen atoms in total. The van der Waals surface area contributed by atoms with Gasteiger partial charge in [-0.05, 0) is 30.5 Å². The van der Waals surface area contributed by atoms with Gasteiger partial charge in [0, 0.05) is 42.5 Å². The lowest BCUT2D eigenvalue weighted by Crippen LogP contribution is -2.37. The van der Waals surface area contributed by atoms with Crippen molar-refractivity contribution >= 4 is 23.1 Å². The molecule has 4 rings (SSSR count). The van der Waals surface area contributed by atoms with Gasteiger partial charge in [0.2, 0.25) is 0 Å². The highest BCUT2D eigenvalue weighted by Gasteiger charge is 2.27. The molecule has 3 aromatic rings. The number of nitrogens with two attached hydrogens (primary N) is 1. The van der Waals surface area contributed by atoms with E-state index in [4.69, 9.17) is 5.73 Å². The molecule has 1 aromatic heterocycles. The maximum Gasteiger partial charge on any atom is 0.254 e. The minimum atomic E-state index is -0.980. The van der Waals surface area contributed by atoms with Gasteiger partial charge in [-0.15, -0.1) is 4.31 Å². The Hall–Kier alpha value is -3.01. The summed E-state index contributed by atoms with van der Waals surface area (Å²) in [5.74, 6) is -0.768. The molecule has 172 valence electrons. The summed E-state index contributed by atoms with van der Waals surface area (Å²) in [6.07, 6.45) is 4.96. The highest BCUT2D eigenvalue weighted by Crippen LogP contribution is 2.31. The Morgan fingerprint density at radius 1 is 1.24 bits per heavy atom. The van der Waals surface area contributed by atoms with E-state index in [2.05, 4.69) is 15.3 Å². The number of carbonyl (C=O) groups is 1. The zero-order valence-corrected chi connectivity index (χ0v) is 19.1. The van der Waals surface area contributed by atoms with Crippen molar-refractivity contribution in [3.63, 3.8) is 0 Å². The van der Waals surface area contributed by atoms with Crippen LogP contribution in [-0.2, 0) is 17.9 Å². The number of hydrogen-bond donors (Lipinski definition) is 2. The minimum Gasteiger partial charge on any atom is -0.598 e. The van der Waals surface area contributed by atoms with Crippen molar-refractivity contribution in [1.82, 2.24) is 19.6 Å². The molecule has 1 aliphatic heterocycles. The van der Waals surface area contributed by atoms with E-state index >= 15 is 0 Å². The van der Waals surface area contributed by atoms with E-state index < -0.39 is 23.1 Å². The van der Waals surface area contributed by atoms with Crippen molar-refractivity contribution in [1.29, 1.82) is 0 Å². The predicted molar refractivity (Wildman–Crippen MR) is 127 cm³/mol. The molecule has 0 bridgehead atoms. The lowest BCUT2D eigenvalue weighted by Gasteiger charge is -2.30. The number of nitrogens with zero attached hydrogens (tertiary/aromatic N) is 3. The van der Waals surface area contributed by atoms with Gasteiger partial charge in [-0.3, -0.25) is 4.79 Å². The summed E-state index contributed by atoms with van der Waals surface area (Å²) in [4.78, 5) is 21.4. The van der Waals surface area contributed by atoms with Crippen molar-refractivity contribution in [3.8, 4) is 11.3 Å². The zero-order chi connectivity index (χ0) is 23.4. The molecule has 3 N–H and O–H groups in total. The fourth-order valence-corrected chi connectivity index (χ4v) is 4.67. The van der Waals surface area contributed by atoms with Gasteiger partial charge >= 0.3 is 0 Å². The summed E-state index contributed by atoms with van der Waals surface area (Å²) in [6, 6.07) is 13.8. The predicted octanol–water partition coefficient (Wildman–Crippen LogP) is 3.27. The standard InChI is InChI=1S/C24H26FN5O2S/c1-33(32)30-11-9-17(10-12-30)21-15-27-23(26)22(29-21)18-7-8-19(20(25)13-18)24(31)28-14-16-5-3-2-4-6-16/h2-8,13,15,17H,9-12,14H2,1H3,(H2,26,27)(H,28,31). The van der Waals surface area contributed by atoms with E-state index in [1.165, 1.54) is 12.1 Å². The number of benzene rings is 2. The van der Waals surface area contributed by atoms with E-state index in [-0.39, 0.29) is 17.3 Å². The fourth-order valence-electron chi connectivity index (χ4n) is 3.95. The van der Waals surface area contributed by atoms with Crippen molar-refractivity contribution in [2.45, 2.75) is 25.3 Å². The number of nitrogens with one attached hydrogen (secondary N) is 1. The molecule has 1 fully saturated rings. The second-order valence-corrected chi connectivity index (χ2v) is 9.38. The van der Waals surface area contributed by atoms with Gasteiger partial charge < -0.3 is 15.6 Å². The Morgan fingerprint density at radius 2 is 1.97 bits per heavy atom. The van der Waals surface area contributed by atoms with E-state index in [1.54, 1.807) is 18.5 Å². The Morgan fingerprint density at radius 3 is 2.64 bits per heavy atom. The van der Waals surface area contributed by atoms with Crippen LogP contribution in [-0.4, -0.2) is 44.1 Å². The molecule has 1 saturated heterocycles. The Balaban J connectivity index is 1.49. The first-order chi connectivity index (χ1) is 15.9. The Bertz CT molecular complexity index is 1120. The maximum absolute atomic E-state index is 14.8. The van der Waals surface area contributed by atoms with Gasteiger partial charge in [-0.25, -0.2) is 14.4 Å². The van der Waals surface area contributed by atoms with Crippen LogP contribution in [0.25, 0.3) is 11.3 Å². The summed E-state index contributed by atoms with van der Waals surface area (Å²) < 4.78 is 28.4. The number of amides is 1. The number of halogens is 1. The third-order valence-electron chi connectivity index (χ3n) is 5.84. The quantitative estimate of drug-likeness (QED) is 0.539. The van der Waals surface area contributed by atoms with Crippen LogP contribution in [0.1, 0.15) is 40.4 Å². The van der Waals surface area contributed by atoms with E-state index in [1.807, 2.05) is 34.6 Å². The molecule has 0 saturated carbocycles. The zero-order valence-electron chi connectivity index (χ0n) is 18.3. The molecule has 1 amide bonds. The molecule has 2 aromatic carbocycles. The molecule has 2 heterocycles. The second kappa shape index (κ2) is 10.3. The number of piperidine rings is 1. The second-order valence-electron chi connectivity index (χ2n) is 8.02. The van der Waals surface area contributed by atoms with Gasteiger partial charge in [0.15, 0.2) is 0 Å². The molecule has 9 heteroatoms. The average molecular weight is 468 g/mol. The maximum atomic E-state index is 14.8. The largest absolute Gasteiger partial charge is 0.598 e. The molecule has 0 aliphatic carbocycles. The lowest BCUT2D eigenvalue weighted by molar-refractivity contribution is 0.0947. The smallest absolute Gasteiger partial charge is 0.254 e. The average Bonchev–Trinajstić information content (AvgIpc) is 2.83. The summed E-state index contributed by atoms with van der Waals surface area (Å²) >= 11 is -0.980. The van der Waals surface area contributed by atoms with Crippen molar-refractivity contribution in [2.75, 3.05) is 25.1 Å². The fraction of sp³-hybridized carbons (Fsp3) is 0.292. The van der Waals surface area contributed by atoms with E-state index in [9.17, 15) is 13.7 Å². The number of nitrogen functional groups attached to an aromatic ring is 1. The van der Waals surface area contributed by atoms with Crippen LogP contribution in [0.4, 0.5) is 10.2 Å². The highest BCUT2D eigenvalue weighted by atomic mass is 32.2. The molecule has 33 heavy (non-hydrogen) atoms. The monoisotopic (exact) mass is 467 g/mol. The number of rotatable bonds is 6. The van der Waals surface area contributed by atoms with Crippen LogP contribution < -0.4 is 11.1 Å². The highest BCUT2D eigenvalue weighted by molar-refractivity contribution is 7.88. The summed E-state index contributed by atoms with van der Waals surface area (Å²) in [5, 5.41) is 2.73. The number of aromatic nitrogens is 2. The van der Waals surface area contributed by atoms with Crippen LogP contribution in [0.5, 0.6) is 0 Å². The van der Waals surface area contributed by atoms with Gasteiger partial charge in [0.1, 0.15) is 23.6 Å². The first-order valence-corrected chi connectivity index (χ1v) is 12.3. The van der Waals surface area contributed by atoms with E-state index in [0.717, 1.165) is 37.2 Å². The topological polar surface area (TPSA) is 107 Å². The van der Waals surface area contributed by atoms with E-state index in [0.29, 0.717) is 17.8 Å². The Kier molecular flexibility index (Phi) is 7.22. The van der Waals surface area contributed by atoms with Crippen LogP contribution in [0.2, 0.25) is 0 Å². The molecule has 0 spiro atoms. The number of carbonyl (C=O) groups excluding carboxylic acids is 1.